The van der Waals surface area contributed by atoms with Crippen molar-refractivity contribution in [2.75, 3.05) is 68.3 Å². The Hall–Kier alpha value is -6.50. The van der Waals surface area contributed by atoms with Gasteiger partial charge in [-0.05, 0) is 126 Å². The van der Waals surface area contributed by atoms with Crippen LogP contribution in [0.1, 0.15) is 102 Å². The summed E-state index contributed by atoms with van der Waals surface area (Å²) >= 11 is 0. The molecule has 400 valence electrons. The van der Waals surface area contributed by atoms with Crippen molar-refractivity contribution in [2.24, 2.45) is 5.73 Å². The number of nitrogens with zero attached hydrogens (tertiary/aromatic N) is 6. The Morgan fingerprint density at radius 2 is 1.01 bits per heavy atom. The normalized spacial score (nSPS) is 27.1. The maximum atomic E-state index is 10.9. The predicted octanol–water partition coefficient (Wildman–Crippen LogP) is 7.32. The van der Waals surface area contributed by atoms with Gasteiger partial charge in [-0.15, -0.1) is 0 Å². The molecular formula is C60H71N7O9. The first-order valence-electron chi connectivity index (χ1n) is 26.5. The van der Waals surface area contributed by atoms with Crippen LogP contribution < -0.4 is 43.6 Å². The fraction of sp³-hybridized carbons (Fsp3) is 0.500. The molecule has 16 heteroatoms. The van der Waals surface area contributed by atoms with Gasteiger partial charge in [0.2, 0.25) is 13.6 Å². The highest BCUT2D eigenvalue weighted by molar-refractivity contribution is 5.68. The first-order chi connectivity index (χ1) is 36.7. The van der Waals surface area contributed by atoms with E-state index in [1.54, 1.807) is 26.4 Å². The van der Waals surface area contributed by atoms with Gasteiger partial charge >= 0.3 is 0 Å². The van der Waals surface area contributed by atoms with E-state index >= 15 is 0 Å². The van der Waals surface area contributed by atoms with E-state index in [9.17, 15) is 15.6 Å². The monoisotopic (exact) mass is 1030 g/mol. The largest absolute Gasteiger partial charge is 0.496 e. The van der Waals surface area contributed by atoms with Crippen molar-refractivity contribution in [3.05, 3.63) is 115 Å². The Morgan fingerprint density at radius 3 is 1.39 bits per heavy atom. The number of aryl methyl sites for hydroxylation is 2. The Morgan fingerprint density at radius 1 is 0.605 bits per heavy atom. The van der Waals surface area contributed by atoms with Gasteiger partial charge in [0.25, 0.3) is 0 Å². The highest BCUT2D eigenvalue weighted by atomic mass is 16.7. The maximum Gasteiger partial charge on any atom is 0.231 e. The molecule has 8 heterocycles. The number of nitriles is 2. The molecule has 2 fully saturated rings. The van der Waals surface area contributed by atoms with E-state index in [0.717, 1.165) is 91.7 Å². The van der Waals surface area contributed by atoms with Crippen LogP contribution in [-0.4, -0.2) is 129 Å². The van der Waals surface area contributed by atoms with E-state index in [1.807, 2.05) is 13.8 Å². The van der Waals surface area contributed by atoms with E-state index < -0.39 is 12.1 Å². The van der Waals surface area contributed by atoms with Crippen LogP contribution in [0.3, 0.4) is 0 Å². The zero-order chi connectivity index (χ0) is 53.8. The molecule has 10 atom stereocenters. The lowest BCUT2D eigenvalue weighted by Crippen LogP contribution is -2.68. The van der Waals surface area contributed by atoms with Crippen molar-refractivity contribution in [2.45, 2.75) is 128 Å². The summed E-state index contributed by atoms with van der Waals surface area (Å²) in [5.74, 6) is 6.19. The van der Waals surface area contributed by atoms with E-state index in [1.165, 1.54) is 27.8 Å². The molecule has 2 saturated heterocycles. The maximum absolute atomic E-state index is 10.9. The standard InChI is InChI=1S/C30H36N4O4.C30H35N3O5/c1-7-8-36-28-17(4)29-30(38-14-37-29)25-19(28)11-21-26-24-16(3)27(35-6)15(2)9-18(24)10-20(33(26)5)22(12-31)34(21)23(25)13-32;1-7-8-36-28-17(4)29-30(38-14-37-29)25-19(28)11-21-26-24-16(3)27(35-6)15(2)9-18(24)10-20(32(26)5)22(12-31)33(21)23(25)13-34/h7,9,20-23,26H,1,8,10-11,13-14,32H2,2-6H3;7,9,20-23,26,34H,1,8,10-11,13-14H2,2-6H3/t2*20-,21?,22-,23-,26-/m00/s1. The van der Waals surface area contributed by atoms with Crippen molar-refractivity contribution >= 4 is 0 Å². The number of aliphatic hydroxyl groups is 1. The Balaban J connectivity index is 0.000000162. The van der Waals surface area contributed by atoms with Crippen molar-refractivity contribution in [3.8, 4) is 58.1 Å². The van der Waals surface area contributed by atoms with Gasteiger partial charge in [0.1, 0.15) is 48.3 Å². The topological polar surface area (TPSA) is 181 Å². The van der Waals surface area contributed by atoms with Crippen LogP contribution in [0.2, 0.25) is 0 Å². The number of hydrogen-bond acceptors (Lipinski definition) is 16. The van der Waals surface area contributed by atoms with Gasteiger partial charge in [-0.1, -0.05) is 37.4 Å². The SMILES string of the molecule is C=CCOc1c(C)c2c(c3c1CC1[C@H]4c5c(cc(C)c(OC)c5C)C[C@@H]([C@H](C#N)N1[C@H]3CN)N4C)OCO2.C=CCOc1c(C)c2c(c3c1CC1[C@H]4c5c(cc(C)c(OC)c5C)C[C@@H]([C@H](C#N)N1[C@H]3CO)N4C)OCO2. The Kier molecular flexibility index (Phi) is 13.5. The third kappa shape index (κ3) is 7.35. The van der Waals surface area contributed by atoms with Crippen molar-refractivity contribution in [1.82, 2.24) is 19.6 Å². The highest BCUT2D eigenvalue weighted by Crippen LogP contribution is 2.60. The van der Waals surface area contributed by atoms with Crippen LogP contribution in [0.5, 0.6) is 46.0 Å². The zero-order valence-corrected chi connectivity index (χ0v) is 45.5. The minimum absolute atomic E-state index is 0.0105. The quantitative estimate of drug-likeness (QED) is 0.151. The lowest BCUT2D eigenvalue weighted by atomic mass is 9.71. The Bertz CT molecular complexity index is 2940. The molecule has 4 aromatic rings. The molecule has 0 amide bonds. The summed E-state index contributed by atoms with van der Waals surface area (Å²) in [6, 6.07) is 8.51. The van der Waals surface area contributed by atoms with E-state index in [0.29, 0.717) is 49.8 Å². The highest BCUT2D eigenvalue weighted by Gasteiger charge is 2.58. The molecular weight excluding hydrogens is 963 g/mol. The van der Waals surface area contributed by atoms with Crippen molar-refractivity contribution in [3.63, 3.8) is 0 Å². The van der Waals surface area contributed by atoms with Crippen molar-refractivity contribution < 1.29 is 43.0 Å². The molecule has 12 rings (SSSR count). The van der Waals surface area contributed by atoms with Gasteiger partial charge in [-0.3, -0.25) is 19.6 Å². The average Bonchev–Trinajstić information content (AvgIpc) is 4.14. The second kappa shape index (κ2) is 19.8. The van der Waals surface area contributed by atoms with E-state index in [-0.39, 0.29) is 68.5 Å². The molecule has 0 radical (unpaired) electrons. The number of hydrogen-bond donors (Lipinski definition) is 2. The molecule has 2 unspecified atom stereocenters. The lowest BCUT2D eigenvalue weighted by molar-refractivity contribution is -0.0821. The molecule has 76 heavy (non-hydrogen) atoms. The van der Waals surface area contributed by atoms with Gasteiger partial charge in [0.05, 0.1) is 57.1 Å². The minimum Gasteiger partial charge on any atom is -0.496 e. The summed E-state index contributed by atoms with van der Waals surface area (Å²) in [4.78, 5) is 9.42. The van der Waals surface area contributed by atoms with E-state index in [2.05, 4.69) is 98.8 Å². The van der Waals surface area contributed by atoms with Crippen LogP contribution in [0.4, 0.5) is 0 Å². The van der Waals surface area contributed by atoms with Gasteiger partial charge in [0, 0.05) is 64.1 Å². The fourth-order valence-electron chi connectivity index (χ4n) is 15.4. The molecule has 0 saturated carbocycles. The fourth-order valence-corrected chi connectivity index (χ4v) is 15.4. The molecule has 8 aliphatic rings. The number of nitrogens with two attached hydrogens (primary N) is 1. The first-order valence-corrected chi connectivity index (χ1v) is 26.5. The van der Waals surface area contributed by atoms with Crippen LogP contribution in [0, 0.1) is 64.2 Å². The molecule has 4 aromatic carbocycles. The van der Waals surface area contributed by atoms with Crippen LogP contribution in [0.15, 0.2) is 37.4 Å². The number of methoxy groups -OCH3 is 2. The van der Waals surface area contributed by atoms with Gasteiger partial charge in [-0.2, -0.15) is 10.5 Å². The summed E-state index contributed by atoms with van der Waals surface area (Å²) in [5.41, 5.74) is 22.1. The van der Waals surface area contributed by atoms with Crippen LogP contribution in [0.25, 0.3) is 0 Å². The molecule has 0 aliphatic carbocycles. The lowest BCUT2D eigenvalue weighted by Gasteiger charge is -2.60. The second-order valence-corrected chi connectivity index (χ2v) is 21.7. The van der Waals surface area contributed by atoms with Crippen molar-refractivity contribution in [1.29, 1.82) is 10.5 Å². The second-order valence-electron chi connectivity index (χ2n) is 21.7. The molecule has 8 aliphatic heterocycles. The molecule has 0 aromatic heterocycles. The molecule has 4 bridgehead atoms. The number of fused-ring (bicyclic) bond motifs is 18. The number of ether oxygens (including phenoxy) is 8. The van der Waals surface area contributed by atoms with Crippen LogP contribution in [-0.2, 0) is 25.7 Å². The van der Waals surface area contributed by atoms with Gasteiger partial charge in [0.15, 0.2) is 23.0 Å². The number of benzene rings is 4. The number of aliphatic hydroxyl groups excluding tert-OH is 1. The van der Waals surface area contributed by atoms with E-state index in [4.69, 9.17) is 43.6 Å². The minimum atomic E-state index is -0.427. The van der Waals surface area contributed by atoms with Gasteiger partial charge in [-0.25, -0.2) is 0 Å². The number of piperazine rings is 2. The third-order valence-electron chi connectivity index (χ3n) is 18.2. The first kappa shape index (κ1) is 51.6. The Labute approximate surface area is 446 Å². The summed E-state index contributed by atoms with van der Waals surface area (Å²) in [6.07, 6.45) is 6.40. The summed E-state index contributed by atoms with van der Waals surface area (Å²) in [5, 5.41) is 32.1. The molecule has 16 nitrogen and oxygen atoms in total. The summed E-state index contributed by atoms with van der Waals surface area (Å²) in [7, 11) is 7.77. The summed E-state index contributed by atoms with van der Waals surface area (Å²) < 4.78 is 48.1. The average molecular weight is 1030 g/mol. The number of likely N-dealkylation sites (N-methyl/N-ethyl adjacent to an activating group) is 2. The predicted molar refractivity (Wildman–Crippen MR) is 286 cm³/mol. The smallest absolute Gasteiger partial charge is 0.231 e. The zero-order valence-electron chi connectivity index (χ0n) is 45.5. The molecule has 3 N–H and O–H groups in total. The van der Waals surface area contributed by atoms with Crippen LogP contribution >= 0.6 is 0 Å². The third-order valence-corrected chi connectivity index (χ3v) is 18.2. The van der Waals surface area contributed by atoms with Gasteiger partial charge < -0.3 is 48.7 Å². The molecule has 0 spiro atoms. The number of rotatable bonds is 10. The summed E-state index contributed by atoms with van der Waals surface area (Å²) in [6.45, 7) is 21.4.